The van der Waals surface area contributed by atoms with Gasteiger partial charge in [0.05, 0.1) is 5.92 Å². The Balaban J connectivity index is 1.74. The fourth-order valence-electron chi connectivity index (χ4n) is 2.38. The van der Waals surface area contributed by atoms with Gasteiger partial charge in [0.1, 0.15) is 0 Å². The van der Waals surface area contributed by atoms with Gasteiger partial charge in [0.25, 0.3) is 0 Å². The molecule has 2 aliphatic rings. The first-order valence-electron chi connectivity index (χ1n) is 6.37. The maximum atomic E-state index is 12.0. The van der Waals surface area contributed by atoms with E-state index < -0.39 is 0 Å². The third kappa shape index (κ3) is 3.19. The summed E-state index contributed by atoms with van der Waals surface area (Å²) < 4.78 is 5.28. The molecule has 0 bridgehead atoms. The lowest BCUT2D eigenvalue weighted by atomic mass is 9.94. The van der Waals surface area contributed by atoms with Gasteiger partial charge >= 0.3 is 0 Å². The summed E-state index contributed by atoms with van der Waals surface area (Å²) in [6.45, 7) is 4.57. The monoisotopic (exact) mass is 226 g/mol. The summed E-state index contributed by atoms with van der Waals surface area (Å²) in [5, 5.41) is 6.51. The van der Waals surface area contributed by atoms with Crippen molar-refractivity contribution in [1.29, 1.82) is 0 Å². The molecule has 2 rings (SSSR count). The first kappa shape index (κ1) is 11.9. The molecule has 0 spiro atoms. The van der Waals surface area contributed by atoms with Crippen LogP contribution in [0.1, 0.15) is 32.6 Å². The van der Waals surface area contributed by atoms with Crippen LogP contribution in [0, 0.1) is 5.92 Å². The minimum absolute atomic E-state index is 0.166. The number of hydrogen-bond acceptors (Lipinski definition) is 3. The Kier molecular flexibility index (Phi) is 4.18. The maximum absolute atomic E-state index is 12.0. The average Bonchev–Trinajstić information content (AvgIpc) is 2.31. The quantitative estimate of drug-likeness (QED) is 0.727. The number of piperidine rings is 1. The highest BCUT2D eigenvalue weighted by atomic mass is 16.5. The number of amides is 1. The van der Waals surface area contributed by atoms with Gasteiger partial charge in [-0.2, -0.15) is 0 Å². The zero-order valence-electron chi connectivity index (χ0n) is 10.00. The summed E-state index contributed by atoms with van der Waals surface area (Å²) in [6, 6.07) is 0.896. The molecule has 0 saturated carbocycles. The lowest BCUT2D eigenvalue weighted by molar-refractivity contribution is -0.127. The van der Waals surface area contributed by atoms with Gasteiger partial charge in [-0.15, -0.1) is 0 Å². The van der Waals surface area contributed by atoms with E-state index in [1.807, 2.05) is 0 Å². The van der Waals surface area contributed by atoms with E-state index in [0.29, 0.717) is 12.1 Å². The summed E-state index contributed by atoms with van der Waals surface area (Å²) in [4.78, 5) is 12.0. The molecule has 2 unspecified atom stereocenters. The largest absolute Gasteiger partial charge is 0.381 e. The normalized spacial score (nSPS) is 32.3. The lowest BCUT2D eigenvalue weighted by Crippen LogP contribution is -2.47. The van der Waals surface area contributed by atoms with Gasteiger partial charge in [-0.25, -0.2) is 0 Å². The van der Waals surface area contributed by atoms with Crippen molar-refractivity contribution in [3.63, 3.8) is 0 Å². The van der Waals surface area contributed by atoms with Gasteiger partial charge in [0, 0.05) is 31.8 Å². The second-order valence-corrected chi connectivity index (χ2v) is 4.98. The second kappa shape index (κ2) is 5.64. The molecule has 2 saturated heterocycles. The highest BCUT2D eigenvalue weighted by Gasteiger charge is 2.26. The Hall–Kier alpha value is -0.610. The molecule has 0 aromatic rings. The Morgan fingerprint density at radius 3 is 2.62 bits per heavy atom. The standard InChI is InChI=1S/C12H22N2O2/c1-9-2-3-10(8-13-9)12(15)14-11-4-6-16-7-5-11/h9-11,13H,2-8H2,1H3,(H,14,15). The maximum Gasteiger partial charge on any atom is 0.224 e. The van der Waals surface area contributed by atoms with Crippen molar-refractivity contribution < 1.29 is 9.53 Å². The van der Waals surface area contributed by atoms with E-state index in [-0.39, 0.29) is 11.8 Å². The van der Waals surface area contributed by atoms with E-state index in [9.17, 15) is 4.79 Å². The van der Waals surface area contributed by atoms with Crippen LogP contribution in [0.25, 0.3) is 0 Å². The molecule has 0 aromatic carbocycles. The smallest absolute Gasteiger partial charge is 0.224 e. The molecule has 4 heteroatoms. The van der Waals surface area contributed by atoms with Crippen LogP contribution in [0.4, 0.5) is 0 Å². The number of carbonyl (C=O) groups excluding carboxylic acids is 1. The van der Waals surface area contributed by atoms with Crippen molar-refractivity contribution in [2.75, 3.05) is 19.8 Å². The molecule has 4 nitrogen and oxygen atoms in total. The van der Waals surface area contributed by atoms with E-state index >= 15 is 0 Å². The van der Waals surface area contributed by atoms with Crippen molar-refractivity contribution >= 4 is 5.91 Å². The molecule has 2 heterocycles. The molecule has 2 atom stereocenters. The number of ether oxygens (including phenoxy) is 1. The minimum Gasteiger partial charge on any atom is -0.381 e. The first-order chi connectivity index (χ1) is 7.75. The molecular weight excluding hydrogens is 204 g/mol. The van der Waals surface area contributed by atoms with Gasteiger partial charge < -0.3 is 15.4 Å². The lowest BCUT2D eigenvalue weighted by Gasteiger charge is -2.29. The topological polar surface area (TPSA) is 50.4 Å². The van der Waals surface area contributed by atoms with E-state index in [1.165, 1.54) is 0 Å². The van der Waals surface area contributed by atoms with Gasteiger partial charge in [-0.05, 0) is 32.6 Å². The van der Waals surface area contributed by atoms with Crippen LogP contribution in [-0.2, 0) is 9.53 Å². The molecule has 0 aromatic heterocycles. The molecule has 2 fully saturated rings. The SMILES string of the molecule is CC1CCC(C(=O)NC2CCOCC2)CN1. The summed E-state index contributed by atoms with van der Waals surface area (Å²) in [5.41, 5.74) is 0. The molecular formula is C12H22N2O2. The van der Waals surface area contributed by atoms with Crippen molar-refractivity contribution in [1.82, 2.24) is 10.6 Å². The van der Waals surface area contributed by atoms with E-state index in [2.05, 4.69) is 17.6 Å². The summed E-state index contributed by atoms with van der Waals surface area (Å²) in [7, 11) is 0. The third-order valence-electron chi connectivity index (χ3n) is 3.60. The first-order valence-corrected chi connectivity index (χ1v) is 6.37. The van der Waals surface area contributed by atoms with Crippen LogP contribution >= 0.6 is 0 Å². The zero-order valence-corrected chi connectivity index (χ0v) is 10.00. The summed E-state index contributed by atoms with van der Waals surface area (Å²) in [6.07, 6.45) is 4.04. The molecule has 0 radical (unpaired) electrons. The number of hydrogen-bond donors (Lipinski definition) is 2. The van der Waals surface area contributed by atoms with Crippen molar-refractivity contribution in [2.24, 2.45) is 5.92 Å². The van der Waals surface area contributed by atoms with E-state index in [0.717, 1.165) is 45.4 Å². The Morgan fingerprint density at radius 2 is 2.00 bits per heavy atom. The second-order valence-electron chi connectivity index (χ2n) is 4.98. The van der Waals surface area contributed by atoms with Crippen LogP contribution < -0.4 is 10.6 Å². The highest BCUT2D eigenvalue weighted by Crippen LogP contribution is 2.15. The van der Waals surface area contributed by atoms with Gasteiger partial charge in [0.2, 0.25) is 5.91 Å². The average molecular weight is 226 g/mol. The molecule has 1 amide bonds. The Morgan fingerprint density at radius 1 is 1.25 bits per heavy atom. The van der Waals surface area contributed by atoms with Gasteiger partial charge in [-0.1, -0.05) is 0 Å². The summed E-state index contributed by atoms with van der Waals surface area (Å²) >= 11 is 0. The number of rotatable bonds is 2. The predicted octanol–water partition coefficient (Wildman–Crippen LogP) is 0.670. The van der Waals surface area contributed by atoms with Crippen molar-refractivity contribution in [2.45, 2.75) is 44.7 Å². The molecule has 0 aliphatic carbocycles. The third-order valence-corrected chi connectivity index (χ3v) is 3.60. The highest BCUT2D eigenvalue weighted by molar-refractivity contribution is 5.79. The number of nitrogens with one attached hydrogen (secondary N) is 2. The molecule has 16 heavy (non-hydrogen) atoms. The molecule has 2 N–H and O–H groups in total. The van der Waals surface area contributed by atoms with Crippen molar-refractivity contribution in [3.8, 4) is 0 Å². The van der Waals surface area contributed by atoms with Gasteiger partial charge in [0.15, 0.2) is 0 Å². The molecule has 2 aliphatic heterocycles. The zero-order chi connectivity index (χ0) is 11.4. The fraction of sp³-hybridized carbons (Fsp3) is 0.917. The minimum atomic E-state index is 0.166. The van der Waals surface area contributed by atoms with Crippen LogP contribution in [0.2, 0.25) is 0 Å². The summed E-state index contributed by atoms with van der Waals surface area (Å²) in [5.74, 6) is 0.394. The Bertz CT molecular complexity index is 231. The van der Waals surface area contributed by atoms with Crippen LogP contribution in [-0.4, -0.2) is 37.7 Å². The van der Waals surface area contributed by atoms with E-state index in [1.54, 1.807) is 0 Å². The fourth-order valence-corrected chi connectivity index (χ4v) is 2.38. The van der Waals surface area contributed by atoms with Crippen LogP contribution in [0.3, 0.4) is 0 Å². The predicted molar refractivity (Wildman–Crippen MR) is 62.2 cm³/mol. The number of carbonyl (C=O) groups is 1. The van der Waals surface area contributed by atoms with Gasteiger partial charge in [-0.3, -0.25) is 4.79 Å². The van der Waals surface area contributed by atoms with Crippen molar-refractivity contribution in [3.05, 3.63) is 0 Å². The molecule has 92 valence electrons. The van der Waals surface area contributed by atoms with E-state index in [4.69, 9.17) is 4.74 Å². The van der Waals surface area contributed by atoms with Crippen LogP contribution in [0.5, 0.6) is 0 Å². The Labute approximate surface area is 97.1 Å². The van der Waals surface area contributed by atoms with Crippen LogP contribution in [0.15, 0.2) is 0 Å².